The molecule has 5 rings (SSSR count). The van der Waals surface area contributed by atoms with Crippen molar-refractivity contribution in [1.82, 2.24) is 14.5 Å². The van der Waals surface area contributed by atoms with Gasteiger partial charge < -0.3 is 4.42 Å². The number of carbonyl (C=O) groups excluding carboxylic acids is 1. The van der Waals surface area contributed by atoms with Crippen molar-refractivity contribution < 1.29 is 17.6 Å². The highest BCUT2D eigenvalue weighted by Crippen LogP contribution is 2.29. The largest absolute Gasteiger partial charge is 0.403 e. The SMILES string of the molecule is C[C@@H]1C[C@@H](C)CN(S(=O)(=O)c2ccc(C(=O)Nc3nnc(-c4ccc5c(c4)CCCC5)o3)cc2)C1. The predicted octanol–water partition coefficient (Wildman–Crippen LogP) is 4.53. The number of nitrogens with one attached hydrogen (secondary N) is 1. The van der Waals surface area contributed by atoms with Gasteiger partial charge in [-0.2, -0.15) is 4.31 Å². The first-order chi connectivity index (χ1) is 16.8. The molecule has 3 aromatic rings. The minimum Gasteiger partial charge on any atom is -0.403 e. The average molecular weight is 495 g/mol. The number of benzene rings is 2. The van der Waals surface area contributed by atoms with Gasteiger partial charge in [0.15, 0.2) is 0 Å². The van der Waals surface area contributed by atoms with E-state index in [1.54, 1.807) is 4.31 Å². The third-order valence-electron chi connectivity index (χ3n) is 6.83. The lowest BCUT2D eigenvalue weighted by Crippen LogP contribution is -2.42. The first-order valence-corrected chi connectivity index (χ1v) is 13.6. The third-order valence-corrected chi connectivity index (χ3v) is 8.68. The Morgan fingerprint density at radius 1 is 0.971 bits per heavy atom. The van der Waals surface area contributed by atoms with Gasteiger partial charge in [-0.15, -0.1) is 5.10 Å². The smallest absolute Gasteiger partial charge is 0.322 e. The van der Waals surface area contributed by atoms with E-state index in [1.807, 2.05) is 6.07 Å². The summed E-state index contributed by atoms with van der Waals surface area (Å²) in [7, 11) is -3.60. The summed E-state index contributed by atoms with van der Waals surface area (Å²) in [5.74, 6) is 0.535. The molecular weight excluding hydrogens is 464 g/mol. The molecule has 1 saturated heterocycles. The lowest BCUT2D eigenvalue weighted by atomic mass is 9.90. The molecule has 1 aliphatic heterocycles. The summed E-state index contributed by atoms with van der Waals surface area (Å²) in [5.41, 5.74) is 3.80. The van der Waals surface area contributed by atoms with Gasteiger partial charge in [-0.3, -0.25) is 10.1 Å². The highest BCUT2D eigenvalue weighted by Gasteiger charge is 2.31. The molecule has 1 N–H and O–H groups in total. The molecule has 1 amide bonds. The highest BCUT2D eigenvalue weighted by molar-refractivity contribution is 7.89. The van der Waals surface area contributed by atoms with Crippen LogP contribution in [0.3, 0.4) is 0 Å². The van der Waals surface area contributed by atoms with Crippen LogP contribution < -0.4 is 5.32 Å². The number of nitrogens with zero attached hydrogens (tertiary/aromatic N) is 3. The molecule has 2 heterocycles. The maximum atomic E-state index is 13.1. The number of aryl methyl sites for hydroxylation is 2. The van der Waals surface area contributed by atoms with Crippen LogP contribution in [0, 0.1) is 11.8 Å². The normalized spacial score (nSPS) is 20.9. The topological polar surface area (TPSA) is 105 Å². The van der Waals surface area contributed by atoms with Crippen molar-refractivity contribution in [1.29, 1.82) is 0 Å². The molecule has 0 spiro atoms. The number of sulfonamides is 1. The summed E-state index contributed by atoms with van der Waals surface area (Å²) in [4.78, 5) is 12.9. The van der Waals surface area contributed by atoms with E-state index in [0.29, 0.717) is 36.4 Å². The number of piperidine rings is 1. The molecule has 0 bridgehead atoms. The number of hydrogen-bond acceptors (Lipinski definition) is 6. The van der Waals surface area contributed by atoms with Crippen molar-refractivity contribution in [2.75, 3.05) is 18.4 Å². The first-order valence-electron chi connectivity index (χ1n) is 12.2. The third kappa shape index (κ3) is 5.01. The average Bonchev–Trinajstić information content (AvgIpc) is 3.31. The van der Waals surface area contributed by atoms with Gasteiger partial charge in [0.1, 0.15) is 0 Å². The van der Waals surface area contributed by atoms with E-state index in [4.69, 9.17) is 4.42 Å². The standard InChI is InChI=1S/C26H30N4O4S/c1-17-13-18(2)16-30(15-17)35(32,33)23-11-9-20(10-12-23)24(31)27-26-29-28-25(34-26)22-8-7-19-5-3-4-6-21(19)14-22/h7-12,14,17-18H,3-6,13,15-16H2,1-2H3,(H,27,29,31)/t17-,18-/m1/s1. The van der Waals surface area contributed by atoms with E-state index in [1.165, 1.54) is 48.2 Å². The number of carbonyl (C=O) groups is 1. The van der Waals surface area contributed by atoms with E-state index in [9.17, 15) is 13.2 Å². The van der Waals surface area contributed by atoms with Crippen molar-refractivity contribution in [2.24, 2.45) is 11.8 Å². The zero-order valence-electron chi connectivity index (χ0n) is 20.0. The van der Waals surface area contributed by atoms with Gasteiger partial charge in [-0.25, -0.2) is 8.42 Å². The second-order valence-electron chi connectivity index (χ2n) is 9.85. The monoisotopic (exact) mass is 494 g/mol. The second-order valence-corrected chi connectivity index (χ2v) is 11.8. The zero-order valence-corrected chi connectivity index (χ0v) is 20.8. The van der Waals surface area contributed by atoms with Crippen LogP contribution in [-0.2, 0) is 22.9 Å². The molecule has 184 valence electrons. The Balaban J connectivity index is 1.27. The fourth-order valence-electron chi connectivity index (χ4n) is 5.16. The molecule has 1 fully saturated rings. The lowest BCUT2D eigenvalue weighted by Gasteiger charge is -2.34. The Morgan fingerprint density at radius 2 is 1.66 bits per heavy atom. The van der Waals surface area contributed by atoms with Gasteiger partial charge in [0.2, 0.25) is 15.9 Å². The Labute approximate surface area is 205 Å². The number of hydrogen-bond donors (Lipinski definition) is 1. The van der Waals surface area contributed by atoms with Crippen molar-refractivity contribution in [3.05, 3.63) is 59.2 Å². The molecule has 2 aromatic carbocycles. The maximum Gasteiger partial charge on any atom is 0.322 e. The van der Waals surface area contributed by atoms with Crippen molar-refractivity contribution in [3.8, 4) is 11.5 Å². The first kappa shape index (κ1) is 23.7. The molecule has 35 heavy (non-hydrogen) atoms. The van der Waals surface area contributed by atoms with Gasteiger partial charge in [0.25, 0.3) is 5.91 Å². The fraction of sp³-hybridized carbons (Fsp3) is 0.423. The van der Waals surface area contributed by atoms with Gasteiger partial charge in [-0.1, -0.05) is 25.0 Å². The lowest BCUT2D eigenvalue weighted by molar-refractivity contribution is 0.102. The molecule has 0 unspecified atom stereocenters. The Morgan fingerprint density at radius 3 is 2.37 bits per heavy atom. The van der Waals surface area contributed by atoms with Crippen LogP contribution in [0.25, 0.3) is 11.5 Å². The van der Waals surface area contributed by atoms with E-state index in [-0.39, 0.29) is 10.9 Å². The van der Waals surface area contributed by atoms with Crippen LogP contribution >= 0.6 is 0 Å². The Bertz CT molecular complexity index is 1320. The fourth-order valence-corrected chi connectivity index (χ4v) is 6.84. The molecule has 1 aliphatic carbocycles. The summed E-state index contributed by atoms with van der Waals surface area (Å²) >= 11 is 0. The van der Waals surface area contributed by atoms with Crippen LogP contribution in [0.1, 0.15) is 54.6 Å². The number of aromatic nitrogens is 2. The molecule has 2 aliphatic rings. The number of fused-ring (bicyclic) bond motifs is 1. The summed E-state index contributed by atoms with van der Waals surface area (Å²) < 4.78 is 33.4. The van der Waals surface area contributed by atoms with Crippen LogP contribution in [0.15, 0.2) is 51.8 Å². The molecule has 9 heteroatoms. The number of anilines is 1. The van der Waals surface area contributed by atoms with Gasteiger partial charge >= 0.3 is 6.01 Å². The van der Waals surface area contributed by atoms with Crippen molar-refractivity contribution >= 4 is 21.9 Å². The van der Waals surface area contributed by atoms with E-state index < -0.39 is 15.9 Å². The molecule has 8 nitrogen and oxygen atoms in total. The molecule has 0 saturated carbocycles. The predicted molar refractivity (Wildman–Crippen MR) is 132 cm³/mol. The minimum atomic E-state index is -3.60. The quantitative estimate of drug-likeness (QED) is 0.559. The molecule has 1 aromatic heterocycles. The van der Waals surface area contributed by atoms with E-state index >= 15 is 0 Å². The van der Waals surface area contributed by atoms with Gasteiger partial charge in [0.05, 0.1) is 4.90 Å². The summed E-state index contributed by atoms with van der Waals surface area (Å²) in [5, 5.41) is 10.6. The van der Waals surface area contributed by atoms with Gasteiger partial charge in [0, 0.05) is 24.2 Å². The van der Waals surface area contributed by atoms with Crippen molar-refractivity contribution in [2.45, 2.75) is 50.8 Å². The zero-order chi connectivity index (χ0) is 24.6. The highest BCUT2D eigenvalue weighted by atomic mass is 32.2. The molecule has 2 atom stereocenters. The number of amides is 1. The number of rotatable bonds is 5. The van der Waals surface area contributed by atoms with E-state index in [0.717, 1.165) is 24.8 Å². The Kier molecular flexibility index (Phi) is 6.46. The maximum absolute atomic E-state index is 13.1. The van der Waals surface area contributed by atoms with Crippen LogP contribution in [-0.4, -0.2) is 41.9 Å². The van der Waals surface area contributed by atoms with Crippen LogP contribution in [0.5, 0.6) is 0 Å². The summed E-state index contributed by atoms with van der Waals surface area (Å²) in [6.07, 6.45) is 5.55. The minimum absolute atomic E-state index is 0.00397. The second kappa shape index (κ2) is 9.54. The summed E-state index contributed by atoms with van der Waals surface area (Å²) in [6, 6.07) is 12.1. The molecular formula is C26H30N4O4S. The Hall–Kier alpha value is -3.04. The van der Waals surface area contributed by atoms with Crippen LogP contribution in [0.2, 0.25) is 0 Å². The van der Waals surface area contributed by atoms with E-state index in [2.05, 4.69) is 41.5 Å². The van der Waals surface area contributed by atoms with Crippen molar-refractivity contribution in [3.63, 3.8) is 0 Å². The summed E-state index contributed by atoms with van der Waals surface area (Å²) in [6.45, 7) is 5.16. The molecule has 0 radical (unpaired) electrons. The van der Waals surface area contributed by atoms with Gasteiger partial charge in [-0.05, 0) is 91.5 Å². The van der Waals surface area contributed by atoms with Crippen LogP contribution in [0.4, 0.5) is 6.01 Å².